The number of piperazine rings is 1. The minimum atomic E-state index is -0.977. The number of halogens is 2. The fourth-order valence-corrected chi connectivity index (χ4v) is 2.04. The summed E-state index contributed by atoms with van der Waals surface area (Å²) in [7, 11) is 0. The summed E-state index contributed by atoms with van der Waals surface area (Å²) in [5.41, 5.74) is 0. The number of carbonyl (C=O) groups excluding carboxylic acids is 2. The van der Waals surface area contributed by atoms with Crippen LogP contribution < -0.4 is 10.1 Å². The Hall–Kier alpha value is -2.38. The molecule has 0 bridgehead atoms. The van der Waals surface area contributed by atoms with Gasteiger partial charge in [-0.1, -0.05) is 0 Å². The lowest BCUT2D eigenvalue weighted by molar-refractivity contribution is -0.119. The minimum Gasteiger partial charge on any atom is -0.492 e. The first-order valence-corrected chi connectivity index (χ1v) is 6.90. The van der Waals surface area contributed by atoms with Gasteiger partial charge in [0.15, 0.2) is 11.6 Å². The van der Waals surface area contributed by atoms with Gasteiger partial charge in [-0.3, -0.25) is 4.79 Å². The Balaban J connectivity index is 1.67. The van der Waals surface area contributed by atoms with Crippen LogP contribution in [0.4, 0.5) is 13.6 Å². The predicted molar refractivity (Wildman–Crippen MR) is 74.5 cm³/mol. The number of hydrogen-bond donors (Lipinski definition) is 1. The van der Waals surface area contributed by atoms with E-state index in [1.54, 1.807) is 9.80 Å². The van der Waals surface area contributed by atoms with Crippen LogP contribution in [0.1, 0.15) is 0 Å². The van der Waals surface area contributed by atoms with E-state index in [1.807, 2.05) is 0 Å². The molecule has 1 heterocycles. The van der Waals surface area contributed by atoms with Crippen molar-refractivity contribution < 1.29 is 23.1 Å². The van der Waals surface area contributed by atoms with Gasteiger partial charge in [-0.25, -0.2) is 13.6 Å². The second kappa shape index (κ2) is 7.58. The zero-order valence-electron chi connectivity index (χ0n) is 11.9. The number of benzene rings is 1. The maximum Gasteiger partial charge on any atom is 0.317 e. The van der Waals surface area contributed by atoms with Crippen LogP contribution in [-0.2, 0) is 4.79 Å². The quantitative estimate of drug-likeness (QED) is 0.647. The number of carbonyl (C=O) groups is 2. The number of amides is 3. The molecule has 1 aliphatic heterocycles. The predicted octanol–water partition coefficient (Wildman–Crippen LogP) is 0.827. The van der Waals surface area contributed by atoms with Gasteiger partial charge in [0, 0.05) is 32.2 Å². The summed E-state index contributed by atoms with van der Waals surface area (Å²) < 4.78 is 30.9. The number of hydrogen-bond acceptors (Lipinski definition) is 3. The van der Waals surface area contributed by atoms with Crippen molar-refractivity contribution in [1.82, 2.24) is 15.1 Å². The first kappa shape index (κ1) is 16.0. The second-order valence-electron chi connectivity index (χ2n) is 4.78. The average molecular weight is 313 g/mol. The first-order chi connectivity index (χ1) is 10.6. The van der Waals surface area contributed by atoms with Crippen molar-refractivity contribution in [2.24, 2.45) is 0 Å². The molecule has 1 aliphatic rings. The van der Waals surface area contributed by atoms with Crippen molar-refractivity contribution in [2.45, 2.75) is 0 Å². The molecular formula is C14H17F2N3O3. The Morgan fingerprint density at radius 2 is 1.95 bits per heavy atom. The first-order valence-electron chi connectivity index (χ1n) is 6.90. The molecule has 0 saturated carbocycles. The summed E-state index contributed by atoms with van der Waals surface area (Å²) in [5.74, 6) is -1.71. The van der Waals surface area contributed by atoms with E-state index in [0.29, 0.717) is 26.2 Å². The molecule has 0 radical (unpaired) electrons. The van der Waals surface area contributed by atoms with Gasteiger partial charge in [0.1, 0.15) is 12.4 Å². The summed E-state index contributed by atoms with van der Waals surface area (Å²) >= 11 is 0. The van der Waals surface area contributed by atoms with Crippen molar-refractivity contribution in [3.63, 3.8) is 0 Å². The van der Waals surface area contributed by atoms with Crippen LogP contribution in [0.2, 0.25) is 0 Å². The van der Waals surface area contributed by atoms with Crippen LogP contribution in [-0.4, -0.2) is 61.6 Å². The van der Waals surface area contributed by atoms with E-state index < -0.39 is 11.6 Å². The molecule has 3 amide bonds. The minimum absolute atomic E-state index is 0.144. The molecule has 8 heteroatoms. The Kier molecular flexibility index (Phi) is 5.51. The summed E-state index contributed by atoms with van der Waals surface area (Å²) in [6.45, 7) is 2.38. The highest BCUT2D eigenvalue weighted by molar-refractivity contribution is 5.74. The summed E-state index contributed by atoms with van der Waals surface area (Å²) in [5, 5.41) is 2.67. The summed E-state index contributed by atoms with van der Waals surface area (Å²) in [4.78, 5) is 25.6. The van der Waals surface area contributed by atoms with E-state index in [4.69, 9.17) is 4.74 Å². The molecule has 1 fully saturated rings. The van der Waals surface area contributed by atoms with Crippen molar-refractivity contribution in [1.29, 1.82) is 0 Å². The van der Waals surface area contributed by atoms with Crippen LogP contribution in [0.5, 0.6) is 5.75 Å². The highest BCUT2D eigenvalue weighted by atomic mass is 19.2. The normalized spacial score (nSPS) is 14.6. The van der Waals surface area contributed by atoms with E-state index in [-0.39, 0.29) is 24.9 Å². The molecule has 6 nitrogen and oxygen atoms in total. The van der Waals surface area contributed by atoms with E-state index in [1.165, 1.54) is 6.07 Å². The van der Waals surface area contributed by atoms with Crippen LogP contribution >= 0.6 is 0 Å². The largest absolute Gasteiger partial charge is 0.492 e. The molecule has 0 spiro atoms. The van der Waals surface area contributed by atoms with Crippen molar-refractivity contribution in [2.75, 3.05) is 39.3 Å². The Morgan fingerprint density at radius 3 is 2.59 bits per heavy atom. The Bertz CT molecular complexity index is 534. The molecule has 0 unspecified atom stereocenters. The van der Waals surface area contributed by atoms with Crippen molar-refractivity contribution in [3.05, 3.63) is 29.8 Å². The number of rotatable bonds is 5. The number of urea groups is 1. The molecule has 120 valence electrons. The fourth-order valence-electron chi connectivity index (χ4n) is 2.04. The molecule has 1 aromatic rings. The molecule has 0 atom stereocenters. The van der Waals surface area contributed by atoms with Gasteiger partial charge in [0.25, 0.3) is 0 Å². The Morgan fingerprint density at radius 1 is 1.23 bits per heavy atom. The summed E-state index contributed by atoms with van der Waals surface area (Å²) in [6, 6.07) is 3.02. The molecule has 2 rings (SSSR count). The van der Waals surface area contributed by atoms with Crippen molar-refractivity contribution in [3.8, 4) is 5.75 Å². The summed E-state index contributed by atoms with van der Waals surface area (Å²) in [6.07, 6.45) is 0.769. The Labute approximate surface area is 126 Å². The lowest BCUT2D eigenvalue weighted by Crippen LogP contribution is -2.51. The number of nitrogens with zero attached hydrogens (tertiary/aromatic N) is 2. The highest BCUT2D eigenvalue weighted by Crippen LogP contribution is 2.14. The van der Waals surface area contributed by atoms with Crippen LogP contribution in [0.3, 0.4) is 0 Å². The van der Waals surface area contributed by atoms with Gasteiger partial charge in [0.05, 0.1) is 6.54 Å². The van der Waals surface area contributed by atoms with Gasteiger partial charge in [-0.2, -0.15) is 0 Å². The van der Waals surface area contributed by atoms with Gasteiger partial charge in [-0.15, -0.1) is 0 Å². The fraction of sp³-hybridized carbons (Fsp3) is 0.429. The van der Waals surface area contributed by atoms with Crippen LogP contribution in [0, 0.1) is 11.6 Å². The maximum absolute atomic E-state index is 13.0. The van der Waals surface area contributed by atoms with Crippen molar-refractivity contribution >= 4 is 12.4 Å². The standard InChI is InChI=1S/C14H17F2N3O3/c15-12-2-1-11(9-13(12)16)22-8-3-17-14(21)19-6-4-18(10-20)5-7-19/h1-2,9-10H,3-8H2,(H,17,21). The number of nitrogens with one attached hydrogen (secondary N) is 1. The van der Waals surface area contributed by atoms with Gasteiger partial charge < -0.3 is 19.9 Å². The van der Waals surface area contributed by atoms with E-state index >= 15 is 0 Å². The number of ether oxygens (including phenoxy) is 1. The zero-order valence-corrected chi connectivity index (χ0v) is 11.9. The third-order valence-electron chi connectivity index (χ3n) is 3.29. The molecule has 1 N–H and O–H groups in total. The molecule has 22 heavy (non-hydrogen) atoms. The molecular weight excluding hydrogens is 296 g/mol. The monoisotopic (exact) mass is 313 g/mol. The van der Waals surface area contributed by atoms with Gasteiger partial charge >= 0.3 is 6.03 Å². The smallest absolute Gasteiger partial charge is 0.317 e. The lowest BCUT2D eigenvalue weighted by Gasteiger charge is -2.32. The van der Waals surface area contributed by atoms with E-state index in [0.717, 1.165) is 18.5 Å². The molecule has 0 aliphatic carbocycles. The third-order valence-corrected chi connectivity index (χ3v) is 3.29. The SMILES string of the molecule is O=CN1CCN(C(=O)NCCOc2ccc(F)c(F)c2)CC1. The topological polar surface area (TPSA) is 61.9 Å². The second-order valence-corrected chi connectivity index (χ2v) is 4.78. The van der Waals surface area contributed by atoms with E-state index in [2.05, 4.69) is 5.32 Å². The third kappa shape index (κ3) is 4.31. The molecule has 0 aromatic heterocycles. The van der Waals surface area contributed by atoms with E-state index in [9.17, 15) is 18.4 Å². The average Bonchev–Trinajstić information content (AvgIpc) is 2.54. The molecule has 1 saturated heterocycles. The van der Waals surface area contributed by atoms with Gasteiger partial charge in [0.2, 0.25) is 6.41 Å². The van der Waals surface area contributed by atoms with Crippen LogP contribution in [0.15, 0.2) is 18.2 Å². The van der Waals surface area contributed by atoms with Crippen LogP contribution in [0.25, 0.3) is 0 Å². The zero-order chi connectivity index (χ0) is 15.9. The highest BCUT2D eigenvalue weighted by Gasteiger charge is 2.19. The maximum atomic E-state index is 13.0. The molecule has 1 aromatic carbocycles. The van der Waals surface area contributed by atoms with Gasteiger partial charge in [-0.05, 0) is 12.1 Å². The lowest BCUT2D eigenvalue weighted by atomic mass is 10.3.